The van der Waals surface area contributed by atoms with Gasteiger partial charge in [0.15, 0.2) is 0 Å². The van der Waals surface area contributed by atoms with Crippen LogP contribution in [0.1, 0.15) is 44.7 Å². The number of carbonyl (C=O) groups excluding carboxylic acids is 2. The first-order valence-electron chi connectivity index (χ1n) is 10.4. The van der Waals surface area contributed by atoms with Gasteiger partial charge in [0.05, 0.1) is 24.4 Å². The number of halogens is 1. The van der Waals surface area contributed by atoms with Gasteiger partial charge in [-0.25, -0.2) is 0 Å². The van der Waals surface area contributed by atoms with Crippen LogP contribution in [0.3, 0.4) is 0 Å². The summed E-state index contributed by atoms with van der Waals surface area (Å²) in [6.45, 7) is 6.40. The predicted molar refractivity (Wildman–Crippen MR) is 120 cm³/mol. The number of anilines is 1. The average Bonchev–Trinajstić information content (AvgIpc) is 2.86. The molecule has 5 nitrogen and oxygen atoms in total. The Morgan fingerprint density at radius 1 is 1.20 bits per heavy atom. The molecule has 1 heterocycles. The van der Waals surface area contributed by atoms with Gasteiger partial charge in [-0.15, -0.1) is 0 Å². The van der Waals surface area contributed by atoms with Crippen LogP contribution < -0.4 is 4.90 Å². The molecule has 1 amide bonds. The van der Waals surface area contributed by atoms with Gasteiger partial charge in [-0.2, -0.15) is 0 Å². The van der Waals surface area contributed by atoms with Gasteiger partial charge in [0.2, 0.25) is 0 Å². The maximum atomic E-state index is 13.6. The van der Waals surface area contributed by atoms with Gasteiger partial charge < -0.3 is 9.64 Å². The van der Waals surface area contributed by atoms with Crippen LogP contribution in [0.15, 0.2) is 53.5 Å². The third-order valence-corrected chi connectivity index (χ3v) is 5.60. The second-order valence-corrected chi connectivity index (χ2v) is 7.82. The van der Waals surface area contributed by atoms with Crippen LogP contribution in [0.4, 0.5) is 5.69 Å². The number of benzene rings is 2. The third-order valence-electron chi connectivity index (χ3n) is 5.37. The number of benzodiazepines with no additional fused rings is 1. The second-order valence-electron chi connectivity index (χ2n) is 7.38. The van der Waals surface area contributed by atoms with Crippen LogP contribution >= 0.6 is 11.6 Å². The van der Waals surface area contributed by atoms with Crippen LogP contribution in [0, 0.1) is 5.92 Å². The van der Waals surface area contributed by atoms with Crippen LogP contribution in [0.2, 0.25) is 5.02 Å². The second kappa shape index (κ2) is 9.90. The van der Waals surface area contributed by atoms with Crippen LogP contribution in [-0.2, 0) is 14.3 Å². The van der Waals surface area contributed by atoms with E-state index in [2.05, 4.69) is 0 Å². The Bertz CT molecular complexity index is 943. The summed E-state index contributed by atoms with van der Waals surface area (Å²) in [5.74, 6) is -0.386. The first kappa shape index (κ1) is 22.0. The summed E-state index contributed by atoms with van der Waals surface area (Å²) >= 11 is 6.33. The van der Waals surface area contributed by atoms with Gasteiger partial charge in [0.1, 0.15) is 6.04 Å². The molecule has 1 aliphatic rings. The molecule has 0 spiro atoms. The number of hydrogen-bond acceptors (Lipinski definition) is 4. The summed E-state index contributed by atoms with van der Waals surface area (Å²) in [6, 6.07) is 14.7. The zero-order chi connectivity index (χ0) is 21.7. The molecule has 0 bridgehead atoms. The fourth-order valence-electron chi connectivity index (χ4n) is 3.56. The molecular formula is C24H27ClN2O3. The minimum Gasteiger partial charge on any atom is -0.466 e. The number of fused-ring (bicyclic) bond motifs is 1. The van der Waals surface area contributed by atoms with Crippen molar-refractivity contribution in [2.45, 2.75) is 39.7 Å². The molecule has 158 valence electrons. The van der Waals surface area contributed by atoms with Gasteiger partial charge in [-0.3, -0.25) is 14.6 Å². The van der Waals surface area contributed by atoms with E-state index in [1.165, 1.54) is 0 Å². The summed E-state index contributed by atoms with van der Waals surface area (Å²) < 4.78 is 5.07. The summed E-state index contributed by atoms with van der Waals surface area (Å²) in [7, 11) is 0. The highest BCUT2D eigenvalue weighted by atomic mass is 35.5. The molecule has 0 saturated heterocycles. The Morgan fingerprint density at radius 2 is 1.93 bits per heavy atom. The number of aliphatic imine (C=N–C) groups is 1. The molecule has 2 aromatic carbocycles. The fraction of sp³-hybridized carbons (Fsp3) is 0.375. The number of ether oxygens (including phenoxy) is 1. The van der Waals surface area contributed by atoms with Crippen LogP contribution in [0.5, 0.6) is 0 Å². The van der Waals surface area contributed by atoms with Gasteiger partial charge in [-0.05, 0) is 31.0 Å². The lowest BCUT2D eigenvalue weighted by molar-refractivity contribution is -0.142. The molecule has 0 fully saturated rings. The molecule has 0 aliphatic carbocycles. The van der Waals surface area contributed by atoms with Gasteiger partial charge >= 0.3 is 5.97 Å². The number of esters is 1. The minimum absolute atomic E-state index is 0.0473. The molecule has 0 N–H and O–H groups in total. The molecule has 2 atom stereocenters. The smallest absolute Gasteiger partial charge is 0.307 e. The van der Waals surface area contributed by atoms with Crippen molar-refractivity contribution < 1.29 is 14.3 Å². The molecule has 3 rings (SSSR count). The molecule has 0 radical (unpaired) electrons. The highest BCUT2D eigenvalue weighted by molar-refractivity contribution is 6.32. The van der Waals surface area contributed by atoms with Crippen molar-refractivity contribution in [1.82, 2.24) is 0 Å². The van der Waals surface area contributed by atoms with Crippen molar-refractivity contribution in [1.29, 1.82) is 0 Å². The first-order chi connectivity index (χ1) is 14.5. The monoisotopic (exact) mass is 426 g/mol. The maximum absolute atomic E-state index is 13.6. The van der Waals surface area contributed by atoms with Crippen LogP contribution in [-0.4, -0.2) is 36.8 Å². The maximum Gasteiger partial charge on any atom is 0.307 e. The predicted octanol–water partition coefficient (Wildman–Crippen LogP) is 4.89. The number of amides is 1. The largest absolute Gasteiger partial charge is 0.466 e. The van der Waals surface area contributed by atoms with Crippen LogP contribution in [0.25, 0.3) is 0 Å². The molecule has 30 heavy (non-hydrogen) atoms. The Labute approximate surface area is 182 Å². The van der Waals surface area contributed by atoms with E-state index < -0.39 is 6.04 Å². The van der Waals surface area contributed by atoms with Crippen molar-refractivity contribution in [3.05, 3.63) is 64.7 Å². The molecule has 6 heteroatoms. The standard InChI is InChI=1S/C24H27ClN2O3/c1-4-16(3)22-24(29)27(14-13-21(28)30-5-2)20-12-11-18(25)15-19(20)23(26-22)17-9-7-6-8-10-17/h6-12,15-16,22H,4-5,13-14H2,1-3H3/t16-,22-/m0/s1. The number of carbonyl (C=O) groups is 2. The van der Waals surface area contributed by atoms with Crippen molar-refractivity contribution in [3.8, 4) is 0 Å². The van der Waals surface area contributed by atoms with E-state index in [1.807, 2.05) is 56.3 Å². The number of hydrogen-bond donors (Lipinski definition) is 0. The van der Waals surface area contributed by atoms with Crippen molar-refractivity contribution in [2.75, 3.05) is 18.1 Å². The number of rotatable bonds is 7. The zero-order valence-corrected chi connectivity index (χ0v) is 18.4. The van der Waals surface area contributed by atoms with E-state index in [0.29, 0.717) is 17.3 Å². The topological polar surface area (TPSA) is 59.0 Å². The first-order valence-corrected chi connectivity index (χ1v) is 10.7. The minimum atomic E-state index is -0.543. The quantitative estimate of drug-likeness (QED) is 0.592. The Balaban J connectivity index is 2.13. The van der Waals surface area contributed by atoms with E-state index in [0.717, 1.165) is 23.3 Å². The van der Waals surface area contributed by atoms with Crippen molar-refractivity contribution in [2.24, 2.45) is 10.9 Å². The van der Waals surface area contributed by atoms with E-state index in [9.17, 15) is 9.59 Å². The lowest BCUT2D eigenvalue weighted by Crippen LogP contribution is -2.42. The molecule has 1 aliphatic heterocycles. The highest BCUT2D eigenvalue weighted by Gasteiger charge is 2.34. The molecular weight excluding hydrogens is 400 g/mol. The van der Waals surface area contributed by atoms with E-state index in [-0.39, 0.29) is 30.8 Å². The lowest BCUT2D eigenvalue weighted by atomic mass is 9.98. The zero-order valence-electron chi connectivity index (χ0n) is 17.6. The molecule has 0 saturated carbocycles. The highest BCUT2D eigenvalue weighted by Crippen LogP contribution is 2.33. The Hall–Kier alpha value is -2.66. The fourth-order valence-corrected chi connectivity index (χ4v) is 3.73. The van der Waals surface area contributed by atoms with E-state index >= 15 is 0 Å². The van der Waals surface area contributed by atoms with E-state index in [4.69, 9.17) is 21.3 Å². The number of nitrogens with zero attached hydrogens (tertiary/aromatic N) is 2. The summed E-state index contributed by atoms with van der Waals surface area (Å²) in [5.41, 5.74) is 3.17. The summed E-state index contributed by atoms with van der Waals surface area (Å²) in [4.78, 5) is 32.2. The van der Waals surface area contributed by atoms with Crippen molar-refractivity contribution >= 4 is 34.9 Å². The molecule has 0 unspecified atom stereocenters. The lowest BCUT2D eigenvalue weighted by Gasteiger charge is -2.27. The molecule has 0 aromatic heterocycles. The van der Waals surface area contributed by atoms with Gasteiger partial charge in [0, 0.05) is 22.7 Å². The summed E-state index contributed by atoms with van der Waals surface area (Å²) in [5, 5.41) is 0.567. The Morgan fingerprint density at radius 3 is 2.60 bits per heavy atom. The van der Waals surface area contributed by atoms with Gasteiger partial charge in [0.25, 0.3) is 5.91 Å². The Kier molecular flexibility index (Phi) is 7.27. The normalized spacial score (nSPS) is 17.1. The van der Waals surface area contributed by atoms with E-state index in [1.54, 1.807) is 17.9 Å². The van der Waals surface area contributed by atoms with Crippen molar-refractivity contribution in [3.63, 3.8) is 0 Å². The average molecular weight is 427 g/mol. The molecule has 2 aromatic rings. The third kappa shape index (κ3) is 4.73. The van der Waals surface area contributed by atoms with Gasteiger partial charge in [-0.1, -0.05) is 62.2 Å². The summed E-state index contributed by atoms with van der Waals surface area (Å²) in [6.07, 6.45) is 0.931. The SMILES string of the molecule is CCOC(=O)CCN1C(=O)[C@H]([C@@H](C)CC)N=C(c2ccccc2)c2cc(Cl)ccc21.